The van der Waals surface area contributed by atoms with Crippen molar-refractivity contribution in [1.82, 2.24) is 4.90 Å². The third kappa shape index (κ3) is 2.83. The van der Waals surface area contributed by atoms with Gasteiger partial charge in [0.1, 0.15) is 0 Å². The minimum atomic E-state index is -0.841. The van der Waals surface area contributed by atoms with Gasteiger partial charge in [-0.25, -0.2) is 4.79 Å². The highest BCUT2D eigenvalue weighted by molar-refractivity contribution is 6.61. The molecule has 4 nitrogen and oxygen atoms in total. The minimum Gasteiger partial charge on any atom is -0.420 e. The predicted molar refractivity (Wildman–Crippen MR) is 48.8 cm³/mol. The number of ether oxygens (including phenoxy) is 2. The van der Waals surface area contributed by atoms with Crippen LogP contribution >= 0.6 is 11.6 Å². The molecule has 0 aromatic rings. The van der Waals surface area contributed by atoms with Gasteiger partial charge < -0.3 is 9.47 Å². The maximum Gasteiger partial charge on any atom is 0.406 e. The van der Waals surface area contributed by atoms with Gasteiger partial charge in [0, 0.05) is 24.6 Å². The van der Waals surface area contributed by atoms with Crippen molar-refractivity contribution in [2.45, 2.75) is 19.1 Å². The maximum atomic E-state index is 10.6. The lowest BCUT2D eigenvalue weighted by Gasteiger charge is -2.39. The molecule has 1 aliphatic rings. The molecule has 0 aromatic heterocycles. The van der Waals surface area contributed by atoms with Gasteiger partial charge in [-0.2, -0.15) is 0 Å². The summed E-state index contributed by atoms with van der Waals surface area (Å²) in [6.07, 6.45) is 0.607. The SMILES string of the molecule is CCC1(OC(=O)Cl)CN(C)CCO1. The van der Waals surface area contributed by atoms with E-state index in [0.717, 1.165) is 6.54 Å². The lowest BCUT2D eigenvalue weighted by molar-refractivity contribution is -0.231. The first-order chi connectivity index (χ1) is 6.08. The van der Waals surface area contributed by atoms with E-state index in [9.17, 15) is 4.79 Å². The molecule has 0 aromatic carbocycles. The Labute approximate surface area is 82.7 Å². The Hall–Kier alpha value is -0.320. The Morgan fingerprint density at radius 2 is 2.46 bits per heavy atom. The molecule has 1 heterocycles. The number of likely N-dealkylation sites (N-methyl/N-ethyl adjacent to an activating group) is 1. The standard InChI is InChI=1S/C8H14ClNO3/c1-3-8(13-7(9)11)6-10(2)4-5-12-8/h3-6H2,1-2H3. The van der Waals surface area contributed by atoms with Crippen molar-refractivity contribution in [2.24, 2.45) is 0 Å². The first-order valence-electron chi connectivity index (χ1n) is 4.29. The van der Waals surface area contributed by atoms with Crippen LogP contribution in [0.25, 0.3) is 0 Å². The average Bonchev–Trinajstić information content (AvgIpc) is 2.03. The quantitative estimate of drug-likeness (QED) is 0.643. The van der Waals surface area contributed by atoms with Gasteiger partial charge in [0.25, 0.3) is 0 Å². The number of rotatable bonds is 2. The zero-order valence-electron chi connectivity index (χ0n) is 7.88. The molecule has 0 radical (unpaired) electrons. The normalized spacial score (nSPS) is 30.1. The number of morpholine rings is 1. The first kappa shape index (κ1) is 10.8. The van der Waals surface area contributed by atoms with Gasteiger partial charge in [0.2, 0.25) is 5.79 Å². The summed E-state index contributed by atoms with van der Waals surface area (Å²) in [5.74, 6) is -0.841. The van der Waals surface area contributed by atoms with E-state index in [-0.39, 0.29) is 0 Å². The molecule has 1 atom stereocenters. The van der Waals surface area contributed by atoms with Crippen LogP contribution in [0.5, 0.6) is 0 Å². The van der Waals surface area contributed by atoms with Gasteiger partial charge in [-0.05, 0) is 7.05 Å². The van der Waals surface area contributed by atoms with Crippen LogP contribution in [0, 0.1) is 0 Å². The highest BCUT2D eigenvalue weighted by Gasteiger charge is 2.37. The largest absolute Gasteiger partial charge is 0.420 e. The van der Waals surface area contributed by atoms with Crippen LogP contribution in [-0.4, -0.2) is 42.9 Å². The van der Waals surface area contributed by atoms with Crippen LogP contribution < -0.4 is 0 Å². The number of hydrogen-bond donors (Lipinski definition) is 0. The zero-order chi connectivity index (χ0) is 9.90. The van der Waals surface area contributed by atoms with E-state index in [2.05, 4.69) is 0 Å². The molecule has 1 fully saturated rings. The van der Waals surface area contributed by atoms with Crippen molar-refractivity contribution in [3.8, 4) is 0 Å². The Balaban J connectivity index is 2.61. The smallest absolute Gasteiger partial charge is 0.406 e. The Bertz CT molecular complexity index is 200. The highest BCUT2D eigenvalue weighted by atomic mass is 35.5. The summed E-state index contributed by atoms with van der Waals surface area (Å²) < 4.78 is 10.4. The number of hydrogen-bond acceptors (Lipinski definition) is 4. The van der Waals surface area contributed by atoms with Crippen molar-refractivity contribution in [2.75, 3.05) is 26.7 Å². The van der Waals surface area contributed by atoms with Crippen molar-refractivity contribution in [3.05, 3.63) is 0 Å². The van der Waals surface area contributed by atoms with Gasteiger partial charge >= 0.3 is 5.43 Å². The summed E-state index contributed by atoms with van der Waals surface area (Å²) in [5, 5.41) is 0. The molecular formula is C8H14ClNO3. The van der Waals surface area contributed by atoms with E-state index in [4.69, 9.17) is 21.1 Å². The molecule has 0 spiro atoms. The van der Waals surface area contributed by atoms with Crippen LogP contribution in [0.1, 0.15) is 13.3 Å². The third-order valence-corrected chi connectivity index (χ3v) is 2.23. The van der Waals surface area contributed by atoms with E-state index in [0.29, 0.717) is 19.6 Å². The van der Waals surface area contributed by atoms with Gasteiger partial charge in [-0.1, -0.05) is 6.92 Å². The molecule has 0 bridgehead atoms. The summed E-state index contributed by atoms with van der Waals surface area (Å²) in [4.78, 5) is 12.7. The fourth-order valence-corrected chi connectivity index (χ4v) is 1.56. The molecule has 1 rings (SSSR count). The van der Waals surface area contributed by atoms with Gasteiger partial charge in [0.15, 0.2) is 0 Å². The first-order valence-corrected chi connectivity index (χ1v) is 4.67. The van der Waals surface area contributed by atoms with E-state index in [1.54, 1.807) is 0 Å². The maximum absolute atomic E-state index is 10.6. The second-order valence-electron chi connectivity index (χ2n) is 3.19. The Morgan fingerprint density at radius 3 is 2.92 bits per heavy atom. The van der Waals surface area contributed by atoms with Crippen LogP contribution in [0.2, 0.25) is 0 Å². The molecule has 76 valence electrons. The van der Waals surface area contributed by atoms with Crippen LogP contribution in [0.15, 0.2) is 0 Å². The molecule has 1 aliphatic heterocycles. The van der Waals surface area contributed by atoms with Crippen LogP contribution in [0.4, 0.5) is 4.79 Å². The zero-order valence-corrected chi connectivity index (χ0v) is 8.63. The summed E-state index contributed by atoms with van der Waals surface area (Å²) in [5.41, 5.74) is -0.808. The molecule has 0 N–H and O–H groups in total. The summed E-state index contributed by atoms with van der Waals surface area (Å²) >= 11 is 5.17. The molecule has 13 heavy (non-hydrogen) atoms. The van der Waals surface area contributed by atoms with Gasteiger partial charge in [-0.3, -0.25) is 4.90 Å². The highest BCUT2D eigenvalue weighted by Crippen LogP contribution is 2.23. The van der Waals surface area contributed by atoms with E-state index >= 15 is 0 Å². The lowest BCUT2D eigenvalue weighted by Crippen LogP contribution is -2.52. The van der Waals surface area contributed by atoms with E-state index in [1.807, 2.05) is 18.9 Å². The van der Waals surface area contributed by atoms with Crippen LogP contribution in [-0.2, 0) is 9.47 Å². The van der Waals surface area contributed by atoms with Crippen molar-refractivity contribution >= 4 is 17.0 Å². The predicted octanol–water partition coefficient (Wildman–Crippen LogP) is 1.43. The van der Waals surface area contributed by atoms with Crippen molar-refractivity contribution < 1.29 is 14.3 Å². The van der Waals surface area contributed by atoms with Crippen molar-refractivity contribution in [1.29, 1.82) is 0 Å². The number of carbonyl (C=O) groups excluding carboxylic acids is 1. The third-order valence-electron chi connectivity index (χ3n) is 2.15. The molecule has 0 amide bonds. The summed E-state index contributed by atoms with van der Waals surface area (Å²) in [6, 6.07) is 0. The fourth-order valence-electron chi connectivity index (χ4n) is 1.42. The summed E-state index contributed by atoms with van der Waals surface area (Å²) in [6.45, 7) is 3.89. The molecule has 5 heteroatoms. The van der Waals surface area contributed by atoms with E-state index < -0.39 is 11.2 Å². The molecule has 1 unspecified atom stereocenters. The summed E-state index contributed by atoms with van der Waals surface area (Å²) in [7, 11) is 1.95. The lowest BCUT2D eigenvalue weighted by atomic mass is 10.1. The Kier molecular flexibility index (Phi) is 3.53. The Morgan fingerprint density at radius 1 is 1.77 bits per heavy atom. The van der Waals surface area contributed by atoms with E-state index in [1.165, 1.54) is 0 Å². The van der Waals surface area contributed by atoms with Crippen molar-refractivity contribution in [3.63, 3.8) is 0 Å². The van der Waals surface area contributed by atoms with Crippen LogP contribution in [0.3, 0.4) is 0 Å². The molecule has 0 saturated carbocycles. The second-order valence-corrected chi connectivity index (χ2v) is 3.50. The topological polar surface area (TPSA) is 38.8 Å². The molecular weight excluding hydrogens is 194 g/mol. The van der Waals surface area contributed by atoms with Gasteiger partial charge in [0.05, 0.1) is 13.2 Å². The monoisotopic (exact) mass is 207 g/mol. The number of carbonyl (C=O) groups is 1. The number of halogens is 1. The fraction of sp³-hybridized carbons (Fsp3) is 0.875. The number of nitrogens with zero attached hydrogens (tertiary/aromatic N) is 1. The van der Waals surface area contributed by atoms with Gasteiger partial charge in [-0.15, -0.1) is 0 Å². The molecule has 1 saturated heterocycles. The second kappa shape index (κ2) is 4.26. The average molecular weight is 208 g/mol. The minimum absolute atomic E-state index is 0.564. The molecule has 0 aliphatic carbocycles.